The summed E-state index contributed by atoms with van der Waals surface area (Å²) in [6.07, 6.45) is 9.80. The summed E-state index contributed by atoms with van der Waals surface area (Å²) >= 11 is 1.86. The lowest BCUT2D eigenvalue weighted by molar-refractivity contribution is -0.160. The minimum Gasteiger partial charge on any atom is -0.329 e. The summed E-state index contributed by atoms with van der Waals surface area (Å²) in [4.78, 5) is 28.9. The van der Waals surface area contributed by atoms with Crippen LogP contribution in [0, 0.1) is 0 Å². The van der Waals surface area contributed by atoms with Crippen molar-refractivity contribution in [3.63, 3.8) is 0 Å². The summed E-state index contributed by atoms with van der Waals surface area (Å²) in [5, 5.41) is 0.510. The fourth-order valence-electron chi connectivity index (χ4n) is 3.98. The van der Waals surface area contributed by atoms with E-state index >= 15 is 0 Å². The molecule has 2 saturated heterocycles. The molecule has 3 unspecified atom stereocenters. The van der Waals surface area contributed by atoms with Crippen LogP contribution in [-0.2, 0) is 9.59 Å². The Bertz CT molecular complexity index is 401. The first-order valence-corrected chi connectivity index (χ1v) is 9.14. The van der Waals surface area contributed by atoms with E-state index in [2.05, 4.69) is 6.26 Å². The van der Waals surface area contributed by atoms with Crippen LogP contribution in [0.15, 0.2) is 0 Å². The zero-order chi connectivity index (χ0) is 14.1. The van der Waals surface area contributed by atoms with Crippen LogP contribution in [0.3, 0.4) is 0 Å². The van der Waals surface area contributed by atoms with Gasteiger partial charge < -0.3 is 9.80 Å². The first-order chi connectivity index (χ1) is 9.72. The van der Waals surface area contributed by atoms with Crippen molar-refractivity contribution in [1.82, 2.24) is 9.80 Å². The van der Waals surface area contributed by atoms with Crippen molar-refractivity contribution in [3.05, 3.63) is 0 Å². The molecule has 20 heavy (non-hydrogen) atoms. The fourth-order valence-corrected chi connectivity index (χ4v) is 4.98. The Labute approximate surface area is 125 Å². The van der Waals surface area contributed by atoms with E-state index in [0.29, 0.717) is 11.8 Å². The van der Waals surface area contributed by atoms with E-state index in [4.69, 9.17) is 0 Å². The van der Waals surface area contributed by atoms with Gasteiger partial charge in [-0.2, -0.15) is 11.8 Å². The van der Waals surface area contributed by atoms with E-state index in [9.17, 15) is 9.59 Å². The SMILES string of the molecule is CSC1CCCCC1N1CC(=O)N2CCCCC2C1=O. The van der Waals surface area contributed by atoms with Gasteiger partial charge in [0.1, 0.15) is 12.6 Å². The van der Waals surface area contributed by atoms with Crippen LogP contribution in [-0.4, -0.2) is 58.3 Å². The second kappa shape index (κ2) is 5.96. The van der Waals surface area contributed by atoms with Gasteiger partial charge in [-0.1, -0.05) is 12.8 Å². The van der Waals surface area contributed by atoms with Gasteiger partial charge in [-0.05, 0) is 38.4 Å². The Morgan fingerprint density at radius 2 is 1.75 bits per heavy atom. The molecular formula is C15H24N2O2S. The third-order valence-electron chi connectivity index (χ3n) is 5.07. The maximum Gasteiger partial charge on any atom is 0.246 e. The molecule has 0 N–H and O–H groups in total. The van der Waals surface area contributed by atoms with Crippen LogP contribution in [0.5, 0.6) is 0 Å². The number of hydrogen-bond acceptors (Lipinski definition) is 3. The standard InChI is InChI=1S/C15H24N2O2S/c1-20-13-8-3-2-6-11(13)17-10-14(18)16-9-5-4-7-12(16)15(17)19/h11-13H,2-10H2,1H3. The number of thioether (sulfide) groups is 1. The lowest BCUT2D eigenvalue weighted by Crippen LogP contribution is -2.64. The van der Waals surface area contributed by atoms with E-state index in [-0.39, 0.29) is 23.9 Å². The molecule has 0 bridgehead atoms. The van der Waals surface area contributed by atoms with Gasteiger partial charge in [0.15, 0.2) is 0 Å². The fraction of sp³-hybridized carbons (Fsp3) is 0.867. The minimum atomic E-state index is -0.158. The van der Waals surface area contributed by atoms with Crippen LogP contribution in [0.4, 0.5) is 0 Å². The molecule has 1 saturated carbocycles. The number of hydrogen-bond donors (Lipinski definition) is 0. The second-order valence-electron chi connectivity index (χ2n) is 6.19. The van der Waals surface area contributed by atoms with Gasteiger partial charge in [0.2, 0.25) is 11.8 Å². The molecule has 112 valence electrons. The molecule has 2 heterocycles. The number of rotatable bonds is 2. The molecule has 1 aliphatic carbocycles. The summed E-state index contributed by atoms with van der Waals surface area (Å²) < 4.78 is 0. The zero-order valence-electron chi connectivity index (χ0n) is 12.2. The normalized spacial score (nSPS) is 35.1. The van der Waals surface area contributed by atoms with Crippen LogP contribution in [0.2, 0.25) is 0 Å². The monoisotopic (exact) mass is 296 g/mol. The molecule has 0 aromatic rings. The molecule has 5 heteroatoms. The number of carbonyl (C=O) groups excluding carboxylic acids is 2. The molecule has 3 aliphatic rings. The van der Waals surface area contributed by atoms with E-state index in [0.717, 1.165) is 32.2 Å². The molecule has 0 radical (unpaired) electrons. The number of piperidine rings is 1. The summed E-state index contributed by atoms with van der Waals surface area (Å²) in [5.41, 5.74) is 0. The lowest BCUT2D eigenvalue weighted by atomic mass is 9.90. The first-order valence-electron chi connectivity index (χ1n) is 7.85. The molecular weight excluding hydrogens is 272 g/mol. The van der Waals surface area contributed by atoms with Gasteiger partial charge >= 0.3 is 0 Å². The van der Waals surface area contributed by atoms with Gasteiger partial charge in [0.05, 0.1) is 0 Å². The molecule has 3 atom stereocenters. The summed E-state index contributed by atoms with van der Waals surface area (Å²) in [6.45, 7) is 1.09. The molecule has 2 aliphatic heterocycles. The maximum atomic E-state index is 12.8. The minimum absolute atomic E-state index is 0.158. The molecule has 2 amide bonds. The Morgan fingerprint density at radius 3 is 2.55 bits per heavy atom. The topological polar surface area (TPSA) is 40.6 Å². The molecule has 0 aromatic heterocycles. The van der Waals surface area contributed by atoms with Crippen molar-refractivity contribution < 1.29 is 9.59 Å². The van der Waals surface area contributed by atoms with E-state index in [1.165, 1.54) is 19.3 Å². The largest absolute Gasteiger partial charge is 0.329 e. The first kappa shape index (κ1) is 14.2. The number of amides is 2. The Morgan fingerprint density at radius 1 is 1.00 bits per heavy atom. The highest BCUT2D eigenvalue weighted by molar-refractivity contribution is 7.99. The third kappa shape index (κ3) is 2.45. The maximum absolute atomic E-state index is 12.8. The van der Waals surface area contributed by atoms with Crippen molar-refractivity contribution >= 4 is 23.6 Å². The average Bonchev–Trinajstić information content (AvgIpc) is 2.51. The Balaban J connectivity index is 1.79. The van der Waals surface area contributed by atoms with Crippen LogP contribution >= 0.6 is 11.8 Å². The van der Waals surface area contributed by atoms with Crippen LogP contribution < -0.4 is 0 Å². The molecule has 3 fully saturated rings. The number of fused-ring (bicyclic) bond motifs is 1. The van der Waals surface area contributed by atoms with Crippen molar-refractivity contribution in [2.24, 2.45) is 0 Å². The zero-order valence-corrected chi connectivity index (χ0v) is 13.0. The highest BCUT2D eigenvalue weighted by Crippen LogP contribution is 2.33. The quantitative estimate of drug-likeness (QED) is 0.781. The number of carbonyl (C=O) groups is 2. The third-order valence-corrected chi connectivity index (χ3v) is 6.22. The van der Waals surface area contributed by atoms with E-state index in [1.54, 1.807) is 0 Å². The molecule has 0 aromatic carbocycles. The van der Waals surface area contributed by atoms with Crippen molar-refractivity contribution in [2.45, 2.75) is 62.3 Å². The lowest BCUT2D eigenvalue weighted by Gasteiger charge is -2.47. The predicted octanol–water partition coefficient (Wildman–Crippen LogP) is 1.88. The van der Waals surface area contributed by atoms with Gasteiger partial charge in [-0.25, -0.2) is 0 Å². The highest BCUT2D eigenvalue weighted by Gasteiger charge is 2.44. The summed E-state index contributed by atoms with van der Waals surface area (Å²) in [5.74, 6) is 0.384. The highest BCUT2D eigenvalue weighted by atomic mass is 32.2. The van der Waals surface area contributed by atoms with Crippen LogP contribution in [0.25, 0.3) is 0 Å². The predicted molar refractivity (Wildman–Crippen MR) is 80.6 cm³/mol. The van der Waals surface area contributed by atoms with Crippen LogP contribution in [0.1, 0.15) is 44.9 Å². The van der Waals surface area contributed by atoms with Gasteiger partial charge in [0.25, 0.3) is 0 Å². The summed E-state index contributed by atoms with van der Waals surface area (Å²) in [7, 11) is 0. The van der Waals surface area contributed by atoms with E-state index < -0.39 is 0 Å². The molecule has 0 spiro atoms. The smallest absolute Gasteiger partial charge is 0.246 e. The van der Waals surface area contributed by atoms with Gasteiger partial charge in [-0.15, -0.1) is 0 Å². The summed E-state index contributed by atoms with van der Waals surface area (Å²) in [6, 6.07) is 0.119. The molecule has 4 nitrogen and oxygen atoms in total. The van der Waals surface area contributed by atoms with Gasteiger partial charge in [-0.3, -0.25) is 9.59 Å². The molecule has 3 rings (SSSR count). The second-order valence-corrected chi connectivity index (χ2v) is 7.27. The number of piperazine rings is 1. The van der Waals surface area contributed by atoms with E-state index in [1.807, 2.05) is 21.6 Å². The van der Waals surface area contributed by atoms with Crippen molar-refractivity contribution in [2.75, 3.05) is 19.3 Å². The average molecular weight is 296 g/mol. The van der Waals surface area contributed by atoms with Gasteiger partial charge in [0, 0.05) is 17.8 Å². The van der Waals surface area contributed by atoms with Crippen molar-refractivity contribution in [3.8, 4) is 0 Å². The van der Waals surface area contributed by atoms with Crippen molar-refractivity contribution in [1.29, 1.82) is 0 Å². The Kier molecular flexibility index (Phi) is 4.24. The Hall–Kier alpha value is -0.710. The number of nitrogens with zero attached hydrogens (tertiary/aromatic N) is 2.